The quantitative estimate of drug-likeness (QED) is 0.0414. The minimum Gasteiger partial charge on any atom is -0.839 e. The molecule has 0 heterocycles. The highest BCUT2D eigenvalue weighted by atomic mass is 16.6. The van der Waals surface area contributed by atoms with Crippen molar-refractivity contribution in [3.8, 4) is 0 Å². The van der Waals surface area contributed by atoms with Crippen LogP contribution in [0.3, 0.4) is 0 Å². The molecule has 0 fully saturated rings. The predicted octanol–water partition coefficient (Wildman–Crippen LogP) is 20.0. The number of hydrogen-bond acceptors (Lipinski definition) is 6. The van der Waals surface area contributed by atoms with Crippen LogP contribution in [0.15, 0.2) is 0 Å². The molecule has 6 heteroatoms. The van der Waals surface area contributed by atoms with E-state index in [2.05, 4.69) is 39.9 Å². The topological polar surface area (TPSA) is 108 Å². The van der Waals surface area contributed by atoms with Gasteiger partial charge in [0.15, 0.2) is 0 Å². The van der Waals surface area contributed by atoms with Gasteiger partial charge in [-0.3, -0.25) is 0 Å². The number of rotatable bonds is 64. The van der Waals surface area contributed by atoms with E-state index >= 15 is 0 Å². The Kier molecular flexibility index (Phi) is 60.2. The highest BCUT2D eigenvalue weighted by molar-refractivity contribution is 4.82. The van der Waals surface area contributed by atoms with Gasteiger partial charge in [-0.2, -0.15) is 0 Å². The number of ether oxygens (including phenoxy) is 1. The zero-order chi connectivity index (χ0) is 54.1. The van der Waals surface area contributed by atoms with E-state index in [1.54, 1.807) is 0 Å². The van der Waals surface area contributed by atoms with E-state index in [-0.39, 0.29) is 18.1 Å². The lowest BCUT2D eigenvalue weighted by Crippen LogP contribution is -2.57. The van der Waals surface area contributed by atoms with E-state index in [1.807, 2.05) is 0 Å². The molecule has 0 aliphatic rings. The van der Waals surface area contributed by atoms with Gasteiger partial charge in [0.1, 0.15) is 0 Å². The summed E-state index contributed by atoms with van der Waals surface area (Å²) in [6.07, 6.45) is 66.2. The average molecular weight is 1050 g/mol. The summed E-state index contributed by atoms with van der Waals surface area (Å²) in [5.74, 6) is -0.0839. The molecule has 0 spiro atoms. The number of aliphatic hydroxyl groups excluding tert-OH is 2. The van der Waals surface area contributed by atoms with Crippen molar-refractivity contribution in [1.82, 2.24) is 5.32 Å². The Labute approximate surface area is 465 Å². The van der Waals surface area contributed by atoms with E-state index in [9.17, 15) is 20.4 Å². The fourth-order valence-corrected chi connectivity index (χ4v) is 11.6. The summed E-state index contributed by atoms with van der Waals surface area (Å²) in [5, 5.41) is 52.1. The van der Waals surface area contributed by atoms with Crippen LogP contribution < -0.4 is 15.5 Å². The summed E-state index contributed by atoms with van der Waals surface area (Å²) in [5.41, 5.74) is 0. The summed E-state index contributed by atoms with van der Waals surface area (Å²) in [6.45, 7) is 11.0. The van der Waals surface area contributed by atoms with Crippen LogP contribution in [0, 0.1) is 5.92 Å². The van der Waals surface area contributed by atoms with Gasteiger partial charge in [-0.1, -0.05) is 369 Å². The van der Waals surface area contributed by atoms with E-state index in [0.717, 1.165) is 51.4 Å². The first-order valence-corrected chi connectivity index (χ1v) is 34.4. The highest BCUT2D eigenvalue weighted by Gasteiger charge is 2.28. The Morgan fingerprint density at radius 2 is 0.527 bits per heavy atom. The van der Waals surface area contributed by atoms with Crippen molar-refractivity contribution in [1.29, 1.82) is 0 Å². The lowest BCUT2D eigenvalue weighted by atomic mass is 9.89. The Bertz CT molecular complexity index is 1030. The Morgan fingerprint density at radius 1 is 0.311 bits per heavy atom. The SMILES string of the molecule is CCCCCCCCCCCCCCCCCCCCCCC(O)C([O-])NC(CC)C(C)C(CCCCCCCCCCCCCC)OC([O-])C(O)CCCCCCCCCCCCCCCCCCCCCC. The molecule has 3 N–H and O–H groups in total. The van der Waals surface area contributed by atoms with Gasteiger partial charge in [-0.05, 0) is 37.8 Å². The zero-order valence-electron chi connectivity index (χ0n) is 51.3. The van der Waals surface area contributed by atoms with Crippen LogP contribution in [-0.4, -0.2) is 47.1 Å². The van der Waals surface area contributed by atoms with E-state index in [4.69, 9.17) is 4.74 Å². The van der Waals surface area contributed by atoms with Gasteiger partial charge in [0, 0.05) is 12.3 Å². The van der Waals surface area contributed by atoms with Crippen LogP contribution in [0.4, 0.5) is 0 Å². The van der Waals surface area contributed by atoms with Crippen molar-refractivity contribution in [3.63, 3.8) is 0 Å². The Hall–Kier alpha value is -0.240. The number of unbranched alkanes of at least 4 members (excludes halogenated alkanes) is 49. The summed E-state index contributed by atoms with van der Waals surface area (Å²) in [7, 11) is 0. The van der Waals surface area contributed by atoms with Gasteiger partial charge in [0.2, 0.25) is 0 Å². The summed E-state index contributed by atoms with van der Waals surface area (Å²) < 4.78 is 6.26. The summed E-state index contributed by atoms with van der Waals surface area (Å²) >= 11 is 0. The normalized spacial score (nSPS) is 14.9. The molecule has 0 aliphatic carbocycles. The first kappa shape index (κ1) is 73.8. The fourth-order valence-electron chi connectivity index (χ4n) is 11.6. The average Bonchev–Trinajstić information content (AvgIpc) is 3.40. The maximum Gasteiger partial charge on any atom is 0.0651 e. The molecule has 0 aromatic heterocycles. The van der Waals surface area contributed by atoms with Crippen LogP contribution >= 0.6 is 0 Å². The maximum atomic E-state index is 13.5. The molecule has 7 unspecified atom stereocenters. The molecule has 0 saturated heterocycles. The number of aliphatic hydroxyl groups is 2. The second kappa shape index (κ2) is 60.4. The van der Waals surface area contributed by atoms with Crippen molar-refractivity contribution < 1.29 is 25.2 Å². The van der Waals surface area contributed by atoms with Crippen molar-refractivity contribution in [2.45, 2.75) is 431 Å². The molecule has 0 saturated carbocycles. The van der Waals surface area contributed by atoms with Crippen molar-refractivity contribution in [2.24, 2.45) is 5.92 Å². The van der Waals surface area contributed by atoms with Crippen LogP contribution in [-0.2, 0) is 4.74 Å². The van der Waals surface area contributed by atoms with Crippen molar-refractivity contribution in [2.75, 3.05) is 0 Å². The van der Waals surface area contributed by atoms with E-state index in [1.165, 1.54) is 295 Å². The molecule has 0 radical (unpaired) electrons. The van der Waals surface area contributed by atoms with Crippen molar-refractivity contribution in [3.05, 3.63) is 0 Å². The van der Waals surface area contributed by atoms with Crippen molar-refractivity contribution >= 4 is 0 Å². The molecule has 0 bridgehead atoms. The third-order valence-electron chi connectivity index (χ3n) is 17.1. The lowest BCUT2D eigenvalue weighted by Gasteiger charge is -2.41. The van der Waals surface area contributed by atoms with Gasteiger partial charge in [0.05, 0.1) is 18.3 Å². The maximum absolute atomic E-state index is 13.5. The standard InChI is InChI=1S/C68H137NO5/c1-6-10-13-16-19-22-25-28-30-32-34-36-38-40-42-44-47-50-53-56-59-64(70)67(72)69-63(9-4)62(5)66(61-58-55-52-49-46-27-24-21-18-15-12-8-3)74-68(73)65(71)60-57-54-51-48-45-43-41-39-37-35-33-31-29-26-23-20-17-14-11-7-2/h62-71H,6-61H2,1-5H3/q-2. The molecule has 0 aromatic rings. The molecule has 0 aromatic carbocycles. The third kappa shape index (κ3) is 51.2. The molecule has 6 nitrogen and oxygen atoms in total. The van der Waals surface area contributed by atoms with Crippen LogP contribution in [0.2, 0.25) is 0 Å². The van der Waals surface area contributed by atoms with E-state index in [0.29, 0.717) is 12.8 Å². The first-order valence-electron chi connectivity index (χ1n) is 34.4. The summed E-state index contributed by atoms with van der Waals surface area (Å²) in [4.78, 5) is 0. The molecule has 74 heavy (non-hydrogen) atoms. The molecule has 0 aliphatic heterocycles. The first-order chi connectivity index (χ1) is 36.3. The Morgan fingerprint density at radius 3 is 0.770 bits per heavy atom. The minimum absolute atomic E-state index is 0.0839. The van der Waals surface area contributed by atoms with Crippen LogP contribution in [0.25, 0.3) is 0 Å². The van der Waals surface area contributed by atoms with E-state index < -0.39 is 24.7 Å². The second-order valence-electron chi connectivity index (χ2n) is 24.3. The number of nitrogens with one attached hydrogen (secondary N) is 1. The monoisotopic (exact) mass is 1050 g/mol. The molecule has 446 valence electrons. The third-order valence-corrected chi connectivity index (χ3v) is 17.1. The largest absolute Gasteiger partial charge is 0.839 e. The summed E-state index contributed by atoms with van der Waals surface area (Å²) in [6, 6.07) is -0.168. The van der Waals surface area contributed by atoms with Gasteiger partial charge in [0.25, 0.3) is 0 Å². The Balaban J connectivity index is 4.53. The van der Waals surface area contributed by atoms with Gasteiger partial charge >= 0.3 is 0 Å². The fraction of sp³-hybridized carbons (Fsp3) is 1.00. The predicted molar refractivity (Wildman–Crippen MR) is 322 cm³/mol. The van der Waals surface area contributed by atoms with Crippen LogP contribution in [0.1, 0.15) is 394 Å². The minimum atomic E-state index is -1.48. The molecule has 0 rings (SSSR count). The van der Waals surface area contributed by atoms with Gasteiger partial charge in [-0.25, -0.2) is 0 Å². The highest BCUT2D eigenvalue weighted by Crippen LogP contribution is 2.25. The molecular weight excluding hydrogens is 911 g/mol. The smallest absolute Gasteiger partial charge is 0.0651 e. The zero-order valence-corrected chi connectivity index (χ0v) is 51.3. The van der Waals surface area contributed by atoms with Gasteiger partial charge in [-0.15, -0.1) is 0 Å². The second-order valence-corrected chi connectivity index (χ2v) is 24.3. The molecule has 0 amide bonds. The molecule has 7 atom stereocenters. The van der Waals surface area contributed by atoms with Gasteiger partial charge < -0.3 is 30.5 Å². The molecular formula is C68H137NO5-2. The lowest BCUT2D eigenvalue weighted by molar-refractivity contribution is -0.516. The van der Waals surface area contributed by atoms with Crippen LogP contribution in [0.5, 0.6) is 0 Å². The number of hydrogen-bond donors (Lipinski definition) is 3.